The molecule has 0 aliphatic rings. The van der Waals surface area contributed by atoms with E-state index >= 15 is 0 Å². The number of carbonyl (C=O) groups excluding carboxylic acids is 2. The number of aromatic nitrogens is 1. The quantitative estimate of drug-likeness (QED) is 0.769. The second kappa shape index (κ2) is 7.34. The van der Waals surface area contributed by atoms with Crippen LogP contribution in [-0.2, 0) is 9.53 Å². The molecule has 0 aliphatic carbocycles. The molecule has 100 valence electrons. The summed E-state index contributed by atoms with van der Waals surface area (Å²) in [5.74, 6) is -0.508. The van der Waals surface area contributed by atoms with Crippen LogP contribution < -0.4 is 10.6 Å². The minimum absolute atomic E-state index is 0.196. The van der Waals surface area contributed by atoms with E-state index in [0.717, 1.165) is 4.34 Å². The fourth-order valence-corrected chi connectivity index (χ4v) is 2.61. The van der Waals surface area contributed by atoms with Gasteiger partial charge in [-0.3, -0.25) is 9.59 Å². The molecule has 2 N–H and O–H groups in total. The van der Waals surface area contributed by atoms with E-state index < -0.39 is 0 Å². The lowest BCUT2D eigenvalue weighted by Crippen LogP contribution is -2.21. The van der Waals surface area contributed by atoms with Gasteiger partial charge in [0.2, 0.25) is 5.91 Å². The molecule has 8 heteroatoms. The summed E-state index contributed by atoms with van der Waals surface area (Å²) >= 11 is 2.71. The van der Waals surface area contributed by atoms with Crippen molar-refractivity contribution in [3.05, 3.63) is 5.69 Å². The lowest BCUT2D eigenvalue weighted by molar-refractivity contribution is -0.117. The van der Waals surface area contributed by atoms with E-state index in [2.05, 4.69) is 15.6 Å². The number of ether oxygens (including phenoxy) is 1. The largest absolute Gasteiger partial charge is 0.384 e. The van der Waals surface area contributed by atoms with Gasteiger partial charge in [0.15, 0.2) is 10.0 Å². The summed E-state index contributed by atoms with van der Waals surface area (Å²) in [4.78, 5) is 27.3. The molecule has 1 rings (SSSR count). The first-order valence-corrected chi connectivity index (χ1v) is 7.22. The van der Waals surface area contributed by atoms with Crippen molar-refractivity contribution in [2.24, 2.45) is 0 Å². The van der Waals surface area contributed by atoms with Gasteiger partial charge < -0.3 is 15.4 Å². The predicted molar refractivity (Wildman–Crippen MR) is 72.4 cm³/mol. The third kappa shape index (κ3) is 3.97. The Morgan fingerprint density at radius 1 is 1.50 bits per heavy atom. The fraction of sp³-hybridized carbons (Fsp3) is 0.500. The monoisotopic (exact) mass is 289 g/mol. The number of hydrogen-bond donors (Lipinski definition) is 2. The van der Waals surface area contributed by atoms with Crippen LogP contribution in [0.1, 0.15) is 16.9 Å². The highest BCUT2D eigenvalue weighted by Crippen LogP contribution is 2.30. The molecule has 0 unspecified atom stereocenters. The molecule has 0 saturated carbocycles. The van der Waals surface area contributed by atoms with Crippen LogP contribution in [0.25, 0.3) is 0 Å². The van der Waals surface area contributed by atoms with Crippen molar-refractivity contribution in [2.45, 2.75) is 10.8 Å². The maximum absolute atomic E-state index is 11.6. The summed E-state index contributed by atoms with van der Waals surface area (Å²) in [5, 5.41) is 5.65. The molecule has 0 radical (unpaired) electrons. The van der Waals surface area contributed by atoms with Crippen molar-refractivity contribution in [1.82, 2.24) is 10.3 Å². The Morgan fingerprint density at radius 3 is 2.78 bits per heavy atom. The van der Waals surface area contributed by atoms with E-state index in [9.17, 15) is 9.59 Å². The Kier molecular flexibility index (Phi) is 6.10. The van der Waals surface area contributed by atoms with Crippen LogP contribution >= 0.6 is 23.1 Å². The van der Waals surface area contributed by atoms with Crippen LogP contribution in [0.5, 0.6) is 0 Å². The molecule has 0 aromatic carbocycles. The molecule has 0 spiro atoms. The number of methoxy groups -OCH3 is 1. The van der Waals surface area contributed by atoms with Gasteiger partial charge in [-0.05, 0) is 6.26 Å². The van der Waals surface area contributed by atoms with E-state index in [1.807, 2.05) is 6.26 Å². The zero-order valence-electron chi connectivity index (χ0n) is 10.4. The topological polar surface area (TPSA) is 80.3 Å². The number of nitrogens with zero attached hydrogens (tertiary/aromatic N) is 1. The lowest BCUT2D eigenvalue weighted by Gasteiger charge is -2.03. The molecule has 1 aromatic heterocycles. The van der Waals surface area contributed by atoms with Crippen LogP contribution in [0.4, 0.5) is 5.00 Å². The standard InChI is InChI=1S/C10H15N3O3S2/c1-11-8(15)7-9(18-10(13-7)17-3)12-6(14)4-5-16-2/h4-5H2,1-3H3,(H,11,15)(H,12,14). The first kappa shape index (κ1) is 14.9. The average molecular weight is 289 g/mol. The maximum atomic E-state index is 11.6. The Hall–Kier alpha value is -1.12. The zero-order chi connectivity index (χ0) is 13.5. The van der Waals surface area contributed by atoms with Crippen LogP contribution in [0, 0.1) is 0 Å². The molecular weight excluding hydrogens is 274 g/mol. The van der Waals surface area contributed by atoms with Crippen molar-refractivity contribution >= 4 is 39.9 Å². The van der Waals surface area contributed by atoms with E-state index in [0.29, 0.717) is 11.6 Å². The molecule has 2 amide bonds. The Bertz CT molecular complexity index is 434. The number of amides is 2. The molecule has 0 bridgehead atoms. The highest BCUT2D eigenvalue weighted by Gasteiger charge is 2.18. The molecule has 0 fully saturated rings. The van der Waals surface area contributed by atoms with Gasteiger partial charge in [0.25, 0.3) is 5.91 Å². The number of thioether (sulfide) groups is 1. The van der Waals surface area contributed by atoms with Crippen molar-refractivity contribution in [3.8, 4) is 0 Å². The van der Waals surface area contributed by atoms with Crippen LogP contribution in [0.15, 0.2) is 4.34 Å². The number of thiazole rings is 1. The van der Waals surface area contributed by atoms with Crippen LogP contribution in [-0.4, -0.2) is 43.8 Å². The van der Waals surface area contributed by atoms with Crippen molar-refractivity contribution in [2.75, 3.05) is 32.3 Å². The number of nitrogens with one attached hydrogen (secondary N) is 2. The third-order valence-corrected chi connectivity index (χ3v) is 3.97. The minimum Gasteiger partial charge on any atom is -0.384 e. The van der Waals surface area contributed by atoms with Gasteiger partial charge in [0.1, 0.15) is 5.00 Å². The predicted octanol–water partition coefficient (Wildman–Crippen LogP) is 1.20. The molecule has 1 heterocycles. The molecule has 6 nitrogen and oxygen atoms in total. The summed E-state index contributed by atoms with van der Waals surface area (Å²) in [6.07, 6.45) is 2.11. The number of rotatable bonds is 6. The Morgan fingerprint density at radius 2 is 2.22 bits per heavy atom. The van der Waals surface area contributed by atoms with Gasteiger partial charge in [-0.1, -0.05) is 23.1 Å². The highest BCUT2D eigenvalue weighted by atomic mass is 32.2. The zero-order valence-corrected chi connectivity index (χ0v) is 12.0. The summed E-state index contributed by atoms with van der Waals surface area (Å²) in [7, 11) is 3.05. The number of hydrogen-bond acceptors (Lipinski definition) is 6. The van der Waals surface area contributed by atoms with Gasteiger partial charge in [-0.2, -0.15) is 0 Å². The van der Waals surface area contributed by atoms with Gasteiger partial charge >= 0.3 is 0 Å². The Balaban J connectivity index is 2.82. The van der Waals surface area contributed by atoms with E-state index in [-0.39, 0.29) is 23.9 Å². The second-order valence-electron chi connectivity index (χ2n) is 3.23. The van der Waals surface area contributed by atoms with Crippen LogP contribution in [0.3, 0.4) is 0 Å². The summed E-state index contributed by atoms with van der Waals surface area (Å²) in [6, 6.07) is 0. The molecule has 0 atom stereocenters. The van der Waals surface area contributed by atoms with E-state index in [1.54, 1.807) is 0 Å². The number of carbonyl (C=O) groups is 2. The number of anilines is 1. The normalized spacial score (nSPS) is 10.2. The molecular formula is C10H15N3O3S2. The van der Waals surface area contributed by atoms with Crippen molar-refractivity contribution in [1.29, 1.82) is 0 Å². The second-order valence-corrected chi connectivity index (χ2v) is 5.28. The molecule has 18 heavy (non-hydrogen) atoms. The molecule has 0 saturated heterocycles. The summed E-state index contributed by atoms with van der Waals surface area (Å²) in [5.41, 5.74) is 0.248. The van der Waals surface area contributed by atoms with E-state index in [1.165, 1.54) is 37.3 Å². The summed E-state index contributed by atoms with van der Waals surface area (Å²) in [6.45, 7) is 0.343. The first-order chi connectivity index (χ1) is 8.62. The van der Waals surface area contributed by atoms with Crippen molar-refractivity contribution in [3.63, 3.8) is 0 Å². The summed E-state index contributed by atoms with van der Waals surface area (Å²) < 4.78 is 5.55. The van der Waals surface area contributed by atoms with Gasteiger partial charge in [0.05, 0.1) is 13.0 Å². The maximum Gasteiger partial charge on any atom is 0.272 e. The van der Waals surface area contributed by atoms with Crippen LogP contribution in [0.2, 0.25) is 0 Å². The third-order valence-electron chi connectivity index (χ3n) is 2.01. The Labute approximate surface area is 114 Å². The lowest BCUT2D eigenvalue weighted by atomic mass is 10.4. The van der Waals surface area contributed by atoms with E-state index in [4.69, 9.17) is 4.74 Å². The SMILES string of the molecule is CNC(=O)c1nc(SC)sc1NC(=O)CCOC. The van der Waals surface area contributed by atoms with Crippen molar-refractivity contribution < 1.29 is 14.3 Å². The average Bonchev–Trinajstić information content (AvgIpc) is 2.78. The fourth-order valence-electron chi connectivity index (χ4n) is 1.13. The molecule has 1 aromatic rings. The van der Waals surface area contributed by atoms with Gasteiger partial charge in [-0.15, -0.1) is 0 Å². The smallest absolute Gasteiger partial charge is 0.272 e. The molecule has 0 aliphatic heterocycles. The van der Waals surface area contributed by atoms with Gasteiger partial charge in [-0.25, -0.2) is 4.98 Å². The minimum atomic E-state index is -0.311. The first-order valence-electron chi connectivity index (χ1n) is 5.18. The van der Waals surface area contributed by atoms with Gasteiger partial charge in [0, 0.05) is 14.2 Å². The highest BCUT2D eigenvalue weighted by molar-refractivity contribution is 8.00.